The Kier molecular flexibility index (Phi) is 4.11. The number of oxime groups is 1. The molecule has 0 aromatic carbocycles. The predicted octanol–water partition coefficient (Wildman–Crippen LogP) is 2.81. The van der Waals surface area contributed by atoms with Crippen LogP contribution in [0.4, 0.5) is 4.79 Å². The van der Waals surface area contributed by atoms with Crippen LogP contribution in [0.3, 0.4) is 0 Å². The summed E-state index contributed by atoms with van der Waals surface area (Å²) in [5.74, 6) is 0.627. The number of aromatic nitrogens is 1. The van der Waals surface area contributed by atoms with Gasteiger partial charge in [-0.2, -0.15) is 0 Å². The van der Waals surface area contributed by atoms with E-state index >= 15 is 0 Å². The van der Waals surface area contributed by atoms with Crippen molar-refractivity contribution >= 4 is 11.8 Å². The Morgan fingerprint density at radius 1 is 1.42 bits per heavy atom. The largest absolute Gasteiger partial charge is 0.484 e. The highest BCUT2D eigenvalue weighted by Crippen LogP contribution is 2.39. The molecule has 1 aromatic heterocycles. The van der Waals surface area contributed by atoms with Gasteiger partial charge in [0.25, 0.3) is 0 Å². The Balaban J connectivity index is 1.71. The minimum Gasteiger partial charge on any atom is -0.484 e. The first-order valence-electron chi connectivity index (χ1n) is 8.14. The van der Waals surface area contributed by atoms with Crippen LogP contribution in [-0.2, 0) is 4.74 Å². The molecular weight excluding hydrogens is 310 g/mol. The van der Waals surface area contributed by atoms with Crippen molar-refractivity contribution < 1.29 is 19.5 Å². The van der Waals surface area contributed by atoms with Gasteiger partial charge in [-0.25, -0.2) is 4.79 Å². The van der Waals surface area contributed by atoms with Crippen molar-refractivity contribution in [3.63, 3.8) is 0 Å². The van der Waals surface area contributed by atoms with Gasteiger partial charge in [-0.05, 0) is 26.8 Å². The molecular formula is C17H23N3O4. The van der Waals surface area contributed by atoms with Gasteiger partial charge in [0, 0.05) is 44.1 Å². The second kappa shape index (κ2) is 5.96. The number of rotatable bonds is 0. The van der Waals surface area contributed by atoms with E-state index in [0.717, 1.165) is 5.56 Å². The summed E-state index contributed by atoms with van der Waals surface area (Å²) < 4.78 is 11.6. The van der Waals surface area contributed by atoms with E-state index < -0.39 is 11.2 Å². The molecule has 0 unspecified atom stereocenters. The Hall–Kier alpha value is -2.31. The third kappa shape index (κ3) is 3.29. The highest BCUT2D eigenvalue weighted by Gasteiger charge is 2.43. The molecule has 0 aliphatic carbocycles. The van der Waals surface area contributed by atoms with Crippen molar-refractivity contribution in [2.45, 2.75) is 51.2 Å². The van der Waals surface area contributed by atoms with E-state index in [1.165, 1.54) is 0 Å². The lowest BCUT2D eigenvalue weighted by Gasteiger charge is -2.44. The number of hydrogen-bond donors (Lipinski definition) is 1. The van der Waals surface area contributed by atoms with Gasteiger partial charge in [0.1, 0.15) is 17.0 Å². The van der Waals surface area contributed by atoms with E-state index in [-0.39, 0.29) is 6.09 Å². The molecule has 7 heteroatoms. The number of likely N-dealkylation sites (tertiary alicyclic amines) is 1. The zero-order chi connectivity index (χ0) is 17.4. The van der Waals surface area contributed by atoms with Crippen molar-refractivity contribution in [2.75, 3.05) is 13.1 Å². The molecule has 2 aliphatic rings. The molecule has 1 fully saturated rings. The third-order valence-electron chi connectivity index (χ3n) is 4.36. The molecule has 1 spiro atoms. The van der Waals surface area contributed by atoms with Crippen LogP contribution < -0.4 is 4.74 Å². The van der Waals surface area contributed by atoms with Gasteiger partial charge >= 0.3 is 6.09 Å². The van der Waals surface area contributed by atoms with Crippen molar-refractivity contribution in [3.8, 4) is 5.75 Å². The van der Waals surface area contributed by atoms with Gasteiger partial charge in [-0.15, -0.1) is 0 Å². The van der Waals surface area contributed by atoms with E-state index in [0.29, 0.717) is 43.8 Å². The summed E-state index contributed by atoms with van der Waals surface area (Å²) in [6.45, 7) is 6.66. The lowest BCUT2D eigenvalue weighted by molar-refractivity contribution is -0.0171. The molecule has 3 rings (SSSR count). The van der Waals surface area contributed by atoms with Gasteiger partial charge in [0.2, 0.25) is 0 Å². The fraction of sp³-hybridized carbons (Fsp3) is 0.588. The van der Waals surface area contributed by atoms with Crippen LogP contribution in [0, 0.1) is 0 Å². The summed E-state index contributed by atoms with van der Waals surface area (Å²) in [5.41, 5.74) is 0.405. The van der Waals surface area contributed by atoms with Gasteiger partial charge in [0.05, 0.1) is 11.9 Å². The Morgan fingerprint density at radius 2 is 2.12 bits per heavy atom. The van der Waals surface area contributed by atoms with E-state index in [1.807, 2.05) is 20.8 Å². The fourth-order valence-electron chi connectivity index (χ4n) is 3.16. The fourth-order valence-corrected chi connectivity index (χ4v) is 3.16. The lowest BCUT2D eigenvalue weighted by Crippen LogP contribution is -2.53. The number of pyridine rings is 1. The van der Waals surface area contributed by atoms with Gasteiger partial charge in [-0.1, -0.05) is 5.16 Å². The van der Waals surface area contributed by atoms with Gasteiger partial charge in [0.15, 0.2) is 0 Å². The molecule has 0 bridgehead atoms. The molecule has 7 nitrogen and oxygen atoms in total. The summed E-state index contributed by atoms with van der Waals surface area (Å²) in [4.78, 5) is 18.0. The molecule has 1 aromatic rings. The number of carbonyl (C=O) groups excluding carboxylic acids is 1. The van der Waals surface area contributed by atoms with Crippen molar-refractivity contribution in [1.82, 2.24) is 9.88 Å². The number of piperidine rings is 1. The summed E-state index contributed by atoms with van der Waals surface area (Å²) >= 11 is 0. The third-order valence-corrected chi connectivity index (χ3v) is 4.36. The average molecular weight is 333 g/mol. The van der Waals surface area contributed by atoms with Crippen LogP contribution in [0.25, 0.3) is 0 Å². The molecule has 1 N–H and O–H groups in total. The SMILES string of the molecule is CC(C)(C)OC(=O)N1CCC2(CC1)C/C(=N\O)c1ccncc1O2. The maximum absolute atomic E-state index is 12.2. The molecule has 1 amide bonds. The number of nitrogens with zero attached hydrogens (tertiary/aromatic N) is 3. The highest BCUT2D eigenvalue weighted by molar-refractivity contribution is 6.03. The van der Waals surface area contributed by atoms with Crippen molar-refractivity contribution in [2.24, 2.45) is 5.16 Å². The quantitative estimate of drug-likeness (QED) is 0.583. The number of ether oxygens (including phenoxy) is 2. The minimum absolute atomic E-state index is 0.300. The predicted molar refractivity (Wildman–Crippen MR) is 87.6 cm³/mol. The van der Waals surface area contributed by atoms with E-state index in [4.69, 9.17) is 9.47 Å². The standard InChI is InChI=1S/C17H23N3O4/c1-16(2,3)24-15(21)20-8-5-17(6-9-20)10-13(19-22)12-4-7-18-11-14(12)23-17/h4,7,11,22H,5-6,8-10H2,1-3H3/b19-13+. The topological polar surface area (TPSA) is 84.2 Å². The molecule has 0 radical (unpaired) electrons. The van der Waals surface area contributed by atoms with Crippen LogP contribution in [0.1, 0.15) is 45.6 Å². The van der Waals surface area contributed by atoms with Crippen molar-refractivity contribution in [1.29, 1.82) is 0 Å². The molecule has 0 saturated carbocycles. The number of amides is 1. The Bertz CT molecular complexity index is 658. The van der Waals surface area contributed by atoms with Gasteiger partial charge in [-0.3, -0.25) is 4.98 Å². The van der Waals surface area contributed by atoms with Gasteiger partial charge < -0.3 is 19.6 Å². The molecule has 130 valence electrons. The second-order valence-electron chi connectivity index (χ2n) is 7.35. The lowest BCUT2D eigenvalue weighted by atomic mass is 9.82. The van der Waals surface area contributed by atoms with Crippen LogP contribution in [0.5, 0.6) is 5.75 Å². The average Bonchev–Trinajstić information content (AvgIpc) is 2.53. The first-order chi connectivity index (χ1) is 11.3. The van der Waals surface area contributed by atoms with E-state index in [9.17, 15) is 10.0 Å². The first kappa shape index (κ1) is 16.5. The highest BCUT2D eigenvalue weighted by atomic mass is 16.6. The van der Waals surface area contributed by atoms with Crippen molar-refractivity contribution in [3.05, 3.63) is 24.0 Å². The van der Waals surface area contributed by atoms with E-state index in [1.54, 1.807) is 23.4 Å². The summed E-state index contributed by atoms with van der Waals surface area (Å²) in [5, 5.41) is 12.8. The molecule has 1 saturated heterocycles. The molecule has 24 heavy (non-hydrogen) atoms. The minimum atomic E-state index is -0.505. The second-order valence-corrected chi connectivity index (χ2v) is 7.35. The number of fused-ring (bicyclic) bond motifs is 1. The molecule has 2 aliphatic heterocycles. The maximum Gasteiger partial charge on any atom is 0.410 e. The maximum atomic E-state index is 12.2. The Morgan fingerprint density at radius 3 is 2.75 bits per heavy atom. The van der Waals surface area contributed by atoms with Crippen LogP contribution in [0.15, 0.2) is 23.6 Å². The van der Waals surface area contributed by atoms with Crippen LogP contribution >= 0.6 is 0 Å². The summed E-state index contributed by atoms with van der Waals surface area (Å²) in [6, 6.07) is 1.78. The normalized spacial score (nSPS) is 21.3. The van der Waals surface area contributed by atoms with E-state index in [2.05, 4.69) is 10.1 Å². The first-order valence-corrected chi connectivity index (χ1v) is 8.14. The zero-order valence-corrected chi connectivity index (χ0v) is 14.3. The molecule has 3 heterocycles. The Labute approximate surface area is 141 Å². The van der Waals surface area contributed by atoms with Crippen LogP contribution in [0.2, 0.25) is 0 Å². The zero-order valence-electron chi connectivity index (χ0n) is 14.3. The smallest absolute Gasteiger partial charge is 0.410 e. The number of carbonyl (C=O) groups is 1. The summed E-state index contributed by atoms with van der Waals surface area (Å²) in [7, 11) is 0. The molecule has 0 atom stereocenters. The summed E-state index contributed by atoms with van der Waals surface area (Å²) in [6.07, 6.45) is 4.81. The number of hydrogen-bond acceptors (Lipinski definition) is 6. The monoisotopic (exact) mass is 333 g/mol. The van der Waals surface area contributed by atoms with Crippen LogP contribution in [-0.4, -0.2) is 51.2 Å².